The van der Waals surface area contributed by atoms with E-state index in [2.05, 4.69) is 34.6 Å². The summed E-state index contributed by atoms with van der Waals surface area (Å²) < 4.78 is 5.37. The molecule has 0 aliphatic heterocycles. The largest absolute Gasteiger partial charge is 0.495 e. The fourth-order valence-electron chi connectivity index (χ4n) is 2.37. The van der Waals surface area contributed by atoms with Crippen LogP contribution in [0.1, 0.15) is 11.1 Å². The SMILES string of the molecule is COc1cc(Cl)c(C)cc1NCc1ccc2cc[nH]c2c1. The van der Waals surface area contributed by atoms with Crippen molar-refractivity contribution in [3.63, 3.8) is 0 Å². The van der Waals surface area contributed by atoms with Gasteiger partial charge in [-0.2, -0.15) is 0 Å². The topological polar surface area (TPSA) is 37.0 Å². The van der Waals surface area contributed by atoms with Crippen molar-refractivity contribution in [3.8, 4) is 5.75 Å². The van der Waals surface area contributed by atoms with Gasteiger partial charge >= 0.3 is 0 Å². The van der Waals surface area contributed by atoms with Crippen molar-refractivity contribution in [2.45, 2.75) is 13.5 Å². The first-order valence-corrected chi connectivity index (χ1v) is 7.19. The van der Waals surface area contributed by atoms with Gasteiger partial charge in [-0.3, -0.25) is 0 Å². The highest BCUT2D eigenvalue weighted by Crippen LogP contribution is 2.31. The summed E-state index contributed by atoms with van der Waals surface area (Å²) in [5, 5.41) is 5.34. The number of H-pyrrole nitrogens is 1. The number of ether oxygens (including phenoxy) is 1. The number of anilines is 1. The molecule has 0 bridgehead atoms. The lowest BCUT2D eigenvalue weighted by Crippen LogP contribution is -2.02. The first-order chi connectivity index (χ1) is 10.2. The maximum atomic E-state index is 6.12. The van der Waals surface area contributed by atoms with Gasteiger partial charge in [0.05, 0.1) is 12.8 Å². The standard InChI is InChI=1S/C17H17ClN2O/c1-11-7-16(17(21-2)9-14(11)18)20-10-12-3-4-13-5-6-19-15(13)8-12/h3-9,19-20H,10H2,1-2H3. The monoisotopic (exact) mass is 300 g/mol. The molecule has 0 saturated carbocycles. The second-order valence-corrected chi connectivity index (χ2v) is 5.46. The summed E-state index contributed by atoms with van der Waals surface area (Å²) >= 11 is 6.12. The first kappa shape index (κ1) is 13.8. The van der Waals surface area contributed by atoms with Crippen LogP contribution in [0.2, 0.25) is 5.02 Å². The second-order valence-electron chi connectivity index (χ2n) is 5.05. The van der Waals surface area contributed by atoms with Gasteiger partial charge in [-0.05, 0) is 41.6 Å². The van der Waals surface area contributed by atoms with E-state index in [-0.39, 0.29) is 0 Å². The fourth-order valence-corrected chi connectivity index (χ4v) is 2.53. The number of fused-ring (bicyclic) bond motifs is 1. The Morgan fingerprint density at radius 3 is 2.86 bits per heavy atom. The second kappa shape index (κ2) is 5.70. The number of hydrogen-bond acceptors (Lipinski definition) is 2. The van der Waals surface area contributed by atoms with Gasteiger partial charge in [0.2, 0.25) is 0 Å². The van der Waals surface area contributed by atoms with Gasteiger partial charge in [0.25, 0.3) is 0 Å². The van der Waals surface area contributed by atoms with Crippen LogP contribution in [0.15, 0.2) is 42.6 Å². The van der Waals surface area contributed by atoms with Crippen LogP contribution in [0.25, 0.3) is 10.9 Å². The van der Waals surface area contributed by atoms with E-state index in [1.165, 1.54) is 10.9 Å². The molecule has 1 aromatic heterocycles. The normalized spacial score (nSPS) is 10.8. The van der Waals surface area contributed by atoms with Gasteiger partial charge < -0.3 is 15.0 Å². The maximum Gasteiger partial charge on any atom is 0.143 e. The number of hydrogen-bond donors (Lipinski definition) is 2. The molecule has 0 saturated heterocycles. The van der Waals surface area contributed by atoms with Gasteiger partial charge in [-0.15, -0.1) is 0 Å². The number of halogens is 1. The van der Waals surface area contributed by atoms with E-state index in [4.69, 9.17) is 16.3 Å². The van der Waals surface area contributed by atoms with E-state index in [1.807, 2.05) is 25.3 Å². The quantitative estimate of drug-likeness (QED) is 0.729. The Bertz CT molecular complexity index is 780. The molecule has 0 radical (unpaired) electrons. The number of rotatable bonds is 4. The maximum absolute atomic E-state index is 6.12. The van der Waals surface area contributed by atoms with E-state index < -0.39 is 0 Å². The van der Waals surface area contributed by atoms with E-state index >= 15 is 0 Å². The Kier molecular flexibility index (Phi) is 3.76. The Morgan fingerprint density at radius 1 is 1.19 bits per heavy atom. The summed E-state index contributed by atoms with van der Waals surface area (Å²) in [6.45, 7) is 2.71. The molecule has 0 aliphatic carbocycles. The molecule has 0 fully saturated rings. The van der Waals surface area contributed by atoms with Crippen molar-refractivity contribution in [1.29, 1.82) is 0 Å². The van der Waals surface area contributed by atoms with Crippen molar-refractivity contribution in [1.82, 2.24) is 4.98 Å². The molecule has 21 heavy (non-hydrogen) atoms. The molecule has 2 N–H and O–H groups in total. The molecule has 1 heterocycles. The molecule has 2 aromatic carbocycles. The Hall–Kier alpha value is -2.13. The van der Waals surface area contributed by atoms with Crippen molar-refractivity contribution >= 4 is 28.2 Å². The van der Waals surface area contributed by atoms with Crippen LogP contribution in [0.3, 0.4) is 0 Å². The summed E-state index contributed by atoms with van der Waals surface area (Å²) in [4.78, 5) is 3.23. The Morgan fingerprint density at radius 2 is 2.05 bits per heavy atom. The Labute approximate surface area is 128 Å². The molecule has 0 aliphatic rings. The van der Waals surface area contributed by atoms with Crippen LogP contribution in [0.4, 0.5) is 5.69 Å². The summed E-state index contributed by atoms with van der Waals surface area (Å²) in [5.74, 6) is 0.756. The predicted molar refractivity (Wildman–Crippen MR) is 88.4 cm³/mol. The zero-order valence-electron chi connectivity index (χ0n) is 12.0. The summed E-state index contributed by atoms with van der Waals surface area (Å²) in [6, 6.07) is 12.3. The van der Waals surface area contributed by atoms with Gasteiger partial charge in [-0.25, -0.2) is 0 Å². The van der Waals surface area contributed by atoms with E-state index in [0.717, 1.165) is 29.1 Å². The molecular formula is C17H17ClN2O. The van der Waals surface area contributed by atoms with E-state index in [0.29, 0.717) is 5.02 Å². The zero-order valence-corrected chi connectivity index (χ0v) is 12.8. The molecule has 108 valence electrons. The lowest BCUT2D eigenvalue weighted by molar-refractivity contribution is 0.416. The summed E-state index contributed by atoms with van der Waals surface area (Å²) in [5.41, 5.74) is 4.33. The van der Waals surface area contributed by atoms with Gasteiger partial charge in [-0.1, -0.05) is 23.7 Å². The van der Waals surface area contributed by atoms with Gasteiger partial charge in [0, 0.05) is 29.3 Å². The molecular weight excluding hydrogens is 284 g/mol. The number of aromatic amines is 1. The van der Waals surface area contributed by atoms with E-state index in [1.54, 1.807) is 7.11 Å². The van der Waals surface area contributed by atoms with Crippen molar-refractivity contribution in [3.05, 3.63) is 58.7 Å². The van der Waals surface area contributed by atoms with Crippen LogP contribution >= 0.6 is 11.6 Å². The molecule has 0 amide bonds. The minimum atomic E-state index is 0.713. The molecule has 4 heteroatoms. The van der Waals surface area contributed by atoms with Crippen molar-refractivity contribution < 1.29 is 4.74 Å². The third-order valence-electron chi connectivity index (χ3n) is 3.58. The van der Waals surface area contributed by atoms with Crippen LogP contribution < -0.4 is 10.1 Å². The highest BCUT2D eigenvalue weighted by Gasteiger charge is 2.07. The highest BCUT2D eigenvalue weighted by atomic mass is 35.5. The number of aromatic nitrogens is 1. The predicted octanol–water partition coefficient (Wildman–Crippen LogP) is 4.75. The van der Waals surface area contributed by atoms with Crippen LogP contribution in [-0.4, -0.2) is 12.1 Å². The average Bonchev–Trinajstić information content (AvgIpc) is 2.95. The lowest BCUT2D eigenvalue weighted by atomic mass is 10.1. The number of aryl methyl sites for hydroxylation is 1. The van der Waals surface area contributed by atoms with E-state index in [9.17, 15) is 0 Å². The third kappa shape index (κ3) is 2.83. The molecule has 0 atom stereocenters. The lowest BCUT2D eigenvalue weighted by Gasteiger charge is -2.13. The van der Waals surface area contributed by atoms with Crippen LogP contribution in [0, 0.1) is 6.92 Å². The first-order valence-electron chi connectivity index (χ1n) is 6.81. The highest BCUT2D eigenvalue weighted by molar-refractivity contribution is 6.31. The smallest absolute Gasteiger partial charge is 0.143 e. The van der Waals surface area contributed by atoms with Gasteiger partial charge in [0.15, 0.2) is 0 Å². The summed E-state index contributed by atoms with van der Waals surface area (Å²) in [6.07, 6.45) is 1.95. The molecule has 3 aromatic rings. The number of nitrogens with one attached hydrogen (secondary N) is 2. The zero-order chi connectivity index (χ0) is 14.8. The van der Waals surface area contributed by atoms with Crippen LogP contribution in [-0.2, 0) is 6.54 Å². The molecule has 0 spiro atoms. The number of methoxy groups -OCH3 is 1. The average molecular weight is 301 g/mol. The molecule has 3 nitrogen and oxygen atoms in total. The van der Waals surface area contributed by atoms with Crippen molar-refractivity contribution in [2.75, 3.05) is 12.4 Å². The van der Waals surface area contributed by atoms with Crippen molar-refractivity contribution in [2.24, 2.45) is 0 Å². The van der Waals surface area contributed by atoms with Crippen LogP contribution in [0.5, 0.6) is 5.75 Å². The van der Waals surface area contributed by atoms with Gasteiger partial charge in [0.1, 0.15) is 5.75 Å². The molecule has 3 rings (SSSR count). The summed E-state index contributed by atoms with van der Waals surface area (Å²) in [7, 11) is 1.65. The fraction of sp³-hybridized carbons (Fsp3) is 0.176. The minimum absolute atomic E-state index is 0.713. The molecule has 0 unspecified atom stereocenters. The minimum Gasteiger partial charge on any atom is -0.495 e. The number of benzene rings is 2. The Balaban J connectivity index is 1.82. The third-order valence-corrected chi connectivity index (χ3v) is 3.99.